The Kier molecular flexibility index (Phi) is 5.06. The standard InChI is InChI=1S/C13H18BrNO4S/c1-9-6-11(14)7-12(20(15,16)17)13(9)19-8-10-2-4-18-5-3-10/h6-7,10H,2-5,8H2,1H3,(H2,15,16,17). The minimum Gasteiger partial charge on any atom is -0.492 e. The van der Waals surface area contributed by atoms with Crippen LogP contribution in [0.5, 0.6) is 5.75 Å². The summed E-state index contributed by atoms with van der Waals surface area (Å²) in [5.41, 5.74) is 0.746. The van der Waals surface area contributed by atoms with Gasteiger partial charge >= 0.3 is 0 Å². The molecule has 1 aromatic rings. The number of aryl methyl sites for hydroxylation is 1. The van der Waals surface area contributed by atoms with Gasteiger partial charge < -0.3 is 9.47 Å². The highest BCUT2D eigenvalue weighted by Gasteiger charge is 2.21. The lowest BCUT2D eigenvalue weighted by Crippen LogP contribution is -2.22. The largest absolute Gasteiger partial charge is 0.492 e. The minimum atomic E-state index is -3.81. The van der Waals surface area contributed by atoms with Crippen molar-refractivity contribution in [3.8, 4) is 5.75 Å². The average Bonchev–Trinajstić information content (AvgIpc) is 2.37. The molecule has 1 fully saturated rings. The molecule has 0 bridgehead atoms. The molecule has 0 aliphatic carbocycles. The second kappa shape index (κ2) is 6.43. The molecule has 1 heterocycles. The predicted octanol–water partition coefficient (Wildman–Crippen LogP) is 2.21. The molecule has 2 rings (SSSR count). The van der Waals surface area contributed by atoms with Crippen molar-refractivity contribution in [1.82, 2.24) is 0 Å². The number of nitrogens with two attached hydrogens (primary N) is 1. The summed E-state index contributed by atoms with van der Waals surface area (Å²) in [6.45, 7) is 3.75. The van der Waals surface area contributed by atoms with Crippen LogP contribution in [0.25, 0.3) is 0 Å². The minimum absolute atomic E-state index is 0.0245. The number of ether oxygens (including phenoxy) is 2. The van der Waals surface area contributed by atoms with E-state index in [0.29, 0.717) is 22.7 Å². The lowest BCUT2D eigenvalue weighted by atomic mass is 10.0. The van der Waals surface area contributed by atoms with Gasteiger partial charge in [0.15, 0.2) is 0 Å². The molecule has 112 valence electrons. The van der Waals surface area contributed by atoms with Crippen molar-refractivity contribution < 1.29 is 17.9 Å². The van der Waals surface area contributed by atoms with Crippen molar-refractivity contribution in [3.05, 3.63) is 22.2 Å². The van der Waals surface area contributed by atoms with Gasteiger partial charge in [-0.05, 0) is 43.4 Å². The summed E-state index contributed by atoms with van der Waals surface area (Å²) in [4.78, 5) is 0.0245. The third-order valence-corrected chi connectivity index (χ3v) is 4.69. The monoisotopic (exact) mass is 363 g/mol. The smallest absolute Gasteiger partial charge is 0.241 e. The molecule has 20 heavy (non-hydrogen) atoms. The van der Waals surface area contributed by atoms with Gasteiger partial charge in [-0.2, -0.15) is 0 Å². The summed E-state index contributed by atoms with van der Waals surface area (Å²) < 4.78 is 35.0. The van der Waals surface area contributed by atoms with Crippen molar-refractivity contribution in [2.45, 2.75) is 24.7 Å². The van der Waals surface area contributed by atoms with Crippen LogP contribution in [0, 0.1) is 12.8 Å². The van der Waals surface area contributed by atoms with Crippen LogP contribution < -0.4 is 9.88 Å². The molecule has 0 amide bonds. The molecule has 1 aliphatic rings. The third-order valence-electron chi connectivity index (χ3n) is 3.32. The van der Waals surface area contributed by atoms with E-state index in [4.69, 9.17) is 14.6 Å². The van der Waals surface area contributed by atoms with Gasteiger partial charge in [0, 0.05) is 17.7 Å². The summed E-state index contributed by atoms with van der Waals surface area (Å²) in [6.07, 6.45) is 1.86. The fourth-order valence-corrected chi connectivity index (χ4v) is 3.70. The van der Waals surface area contributed by atoms with Gasteiger partial charge in [-0.25, -0.2) is 13.6 Å². The Morgan fingerprint density at radius 2 is 2.05 bits per heavy atom. The molecular formula is C13H18BrNO4S. The van der Waals surface area contributed by atoms with E-state index in [-0.39, 0.29) is 4.90 Å². The maximum Gasteiger partial charge on any atom is 0.241 e. The van der Waals surface area contributed by atoms with Gasteiger partial charge in [-0.3, -0.25) is 0 Å². The zero-order valence-electron chi connectivity index (χ0n) is 11.3. The van der Waals surface area contributed by atoms with E-state index in [1.807, 2.05) is 6.07 Å². The average molecular weight is 364 g/mol. The van der Waals surface area contributed by atoms with Gasteiger partial charge in [0.25, 0.3) is 0 Å². The summed E-state index contributed by atoms with van der Waals surface area (Å²) >= 11 is 3.28. The van der Waals surface area contributed by atoms with Crippen LogP contribution in [-0.2, 0) is 14.8 Å². The molecule has 1 aromatic carbocycles. The molecule has 5 nitrogen and oxygen atoms in total. The molecule has 1 saturated heterocycles. The fraction of sp³-hybridized carbons (Fsp3) is 0.538. The number of halogens is 1. The van der Waals surface area contributed by atoms with Crippen molar-refractivity contribution in [2.24, 2.45) is 11.1 Å². The number of sulfonamides is 1. The number of hydrogen-bond acceptors (Lipinski definition) is 4. The van der Waals surface area contributed by atoms with Crippen LogP contribution in [0.4, 0.5) is 0 Å². The molecular weight excluding hydrogens is 346 g/mol. The van der Waals surface area contributed by atoms with Crippen molar-refractivity contribution in [3.63, 3.8) is 0 Å². The van der Waals surface area contributed by atoms with Crippen LogP contribution in [0.3, 0.4) is 0 Å². The molecule has 1 aliphatic heterocycles. The summed E-state index contributed by atoms with van der Waals surface area (Å²) in [6, 6.07) is 3.29. The van der Waals surface area contributed by atoms with Crippen molar-refractivity contribution in [2.75, 3.05) is 19.8 Å². The molecule has 7 heteroatoms. The Hall–Kier alpha value is -0.630. The normalized spacial score (nSPS) is 17.1. The highest BCUT2D eigenvalue weighted by Crippen LogP contribution is 2.31. The Balaban J connectivity index is 2.21. The van der Waals surface area contributed by atoms with Crippen molar-refractivity contribution >= 4 is 26.0 Å². The first-order valence-corrected chi connectivity index (χ1v) is 8.75. The highest BCUT2D eigenvalue weighted by atomic mass is 79.9. The lowest BCUT2D eigenvalue weighted by molar-refractivity contribution is 0.0492. The van der Waals surface area contributed by atoms with Crippen LogP contribution in [0.15, 0.2) is 21.5 Å². The maximum absolute atomic E-state index is 11.7. The number of hydrogen-bond donors (Lipinski definition) is 1. The van der Waals surface area contributed by atoms with Gasteiger partial charge in [-0.15, -0.1) is 0 Å². The summed E-state index contributed by atoms with van der Waals surface area (Å²) in [5.74, 6) is 0.738. The molecule has 2 N–H and O–H groups in total. The Labute approximate surface area is 127 Å². The fourth-order valence-electron chi connectivity index (χ4n) is 2.21. The first kappa shape index (κ1) is 15.8. The predicted molar refractivity (Wildman–Crippen MR) is 79.3 cm³/mol. The van der Waals surface area contributed by atoms with Crippen LogP contribution in [0.2, 0.25) is 0 Å². The highest BCUT2D eigenvalue weighted by molar-refractivity contribution is 9.10. The van der Waals surface area contributed by atoms with Gasteiger partial charge in [0.05, 0.1) is 6.61 Å². The molecule has 0 spiro atoms. The second-order valence-corrected chi connectivity index (χ2v) is 7.41. The summed E-state index contributed by atoms with van der Waals surface area (Å²) in [7, 11) is -3.81. The van der Waals surface area contributed by atoms with E-state index in [1.54, 1.807) is 6.92 Å². The first-order valence-electron chi connectivity index (χ1n) is 6.41. The molecule has 0 radical (unpaired) electrons. The topological polar surface area (TPSA) is 78.6 Å². The van der Waals surface area contributed by atoms with Crippen molar-refractivity contribution in [1.29, 1.82) is 0 Å². The zero-order chi connectivity index (χ0) is 14.8. The maximum atomic E-state index is 11.7. The SMILES string of the molecule is Cc1cc(Br)cc(S(N)(=O)=O)c1OCC1CCOCC1. The lowest BCUT2D eigenvalue weighted by Gasteiger charge is -2.23. The van der Waals surface area contributed by atoms with E-state index in [1.165, 1.54) is 6.07 Å². The number of rotatable bonds is 4. The Morgan fingerprint density at radius 1 is 1.40 bits per heavy atom. The quantitative estimate of drug-likeness (QED) is 0.889. The summed E-state index contributed by atoms with van der Waals surface area (Å²) in [5, 5.41) is 5.26. The molecule has 0 saturated carbocycles. The van der Waals surface area contributed by atoms with E-state index in [2.05, 4.69) is 15.9 Å². The molecule has 0 atom stereocenters. The Morgan fingerprint density at radius 3 is 2.65 bits per heavy atom. The van der Waals surface area contributed by atoms with Crippen LogP contribution in [0.1, 0.15) is 18.4 Å². The zero-order valence-corrected chi connectivity index (χ0v) is 13.7. The molecule has 0 aromatic heterocycles. The van der Waals surface area contributed by atoms with E-state index < -0.39 is 10.0 Å². The van der Waals surface area contributed by atoms with Gasteiger partial charge in [0.1, 0.15) is 10.6 Å². The van der Waals surface area contributed by atoms with Crippen LogP contribution >= 0.6 is 15.9 Å². The molecule has 0 unspecified atom stereocenters. The van der Waals surface area contributed by atoms with E-state index in [0.717, 1.165) is 31.6 Å². The van der Waals surface area contributed by atoms with E-state index >= 15 is 0 Å². The Bertz CT molecular complexity index is 582. The van der Waals surface area contributed by atoms with Crippen LogP contribution in [-0.4, -0.2) is 28.2 Å². The third kappa shape index (κ3) is 3.94. The second-order valence-electron chi connectivity index (χ2n) is 4.96. The number of benzene rings is 1. The first-order chi connectivity index (χ1) is 9.38. The van der Waals surface area contributed by atoms with Gasteiger partial charge in [-0.1, -0.05) is 15.9 Å². The van der Waals surface area contributed by atoms with E-state index in [9.17, 15) is 8.42 Å². The van der Waals surface area contributed by atoms with Gasteiger partial charge in [0.2, 0.25) is 10.0 Å². The number of primary sulfonamides is 1.